The molecule has 37 heavy (non-hydrogen) atoms. The Balaban J connectivity index is 0.000000591. The van der Waals surface area contributed by atoms with E-state index in [1.807, 2.05) is 25.1 Å². The molecule has 2 aromatic rings. The molecule has 0 aromatic heterocycles. The molecule has 3 atom stereocenters. The molecule has 0 radical (unpaired) electrons. The summed E-state index contributed by atoms with van der Waals surface area (Å²) in [4.78, 5) is 24.8. The average molecular weight is 532 g/mol. The third-order valence-corrected chi connectivity index (χ3v) is 7.14. The number of hydrogen-bond donors (Lipinski definition) is 3. The summed E-state index contributed by atoms with van der Waals surface area (Å²) in [6.07, 6.45) is 0.433. The predicted octanol–water partition coefficient (Wildman–Crippen LogP) is 4.45. The molecule has 0 aliphatic carbocycles. The van der Waals surface area contributed by atoms with Gasteiger partial charge in [-0.05, 0) is 50.5 Å². The predicted molar refractivity (Wildman–Crippen MR) is 151 cm³/mol. The summed E-state index contributed by atoms with van der Waals surface area (Å²) >= 11 is 1.62. The number of nitrogens with two attached hydrogens (primary N) is 1. The Morgan fingerprint density at radius 3 is 2.22 bits per heavy atom. The van der Waals surface area contributed by atoms with Crippen molar-refractivity contribution in [3.63, 3.8) is 0 Å². The Morgan fingerprint density at radius 1 is 1.00 bits per heavy atom. The van der Waals surface area contributed by atoms with Gasteiger partial charge < -0.3 is 16.4 Å². The maximum Gasteiger partial charge on any atom is 0.238 e. The van der Waals surface area contributed by atoms with E-state index >= 15 is 0 Å². The van der Waals surface area contributed by atoms with Gasteiger partial charge in [-0.15, -0.1) is 0 Å². The van der Waals surface area contributed by atoms with E-state index in [9.17, 15) is 14.0 Å². The van der Waals surface area contributed by atoms with Crippen molar-refractivity contribution in [2.24, 2.45) is 17.6 Å². The minimum absolute atomic E-state index is 0.0623. The molecule has 7 nitrogen and oxygen atoms in total. The fourth-order valence-electron chi connectivity index (χ4n) is 3.72. The molecule has 1 heterocycles. The molecule has 1 aliphatic rings. The van der Waals surface area contributed by atoms with Gasteiger partial charge in [-0.3, -0.25) is 9.59 Å². The second-order valence-corrected chi connectivity index (χ2v) is 11.1. The summed E-state index contributed by atoms with van der Waals surface area (Å²) in [5.41, 5.74) is 8.00. The number of amides is 2. The second kappa shape index (κ2) is 15.7. The number of halogens is 1. The molecule has 1 fully saturated rings. The first-order valence-corrected chi connectivity index (χ1v) is 13.6. The van der Waals surface area contributed by atoms with Crippen LogP contribution in [-0.2, 0) is 9.59 Å². The van der Waals surface area contributed by atoms with Crippen LogP contribution in [0.15, 0.2) is 54.6 Å². The highest BCUT2D eigenvalue weighted by molar-refractivity contribution is 7.94. The number of anilines is 1. The van der Waals surface area contributed by atoms with Crippen LogP contribution in [0.5, 0.6) is 0 Å². The maximum absolute atomic E-state index is 13.0. The summed E-state index contributed by atoms with van der Waals surface area (Å²) in [5, 5.41) is 5.65. The van der Waals surface area contributed by atoms with Gasteiger partial charge in [0.1, 0.15) is 5.82 Å². The zero-order valence-corrected chi connectivity index (χ0v) is 23.4. The maximum atomic E-state index is 13.0. The van der Waals surface area contributed by atoms with Crippen molar-refractivity contribution in [1.82, 2.24) is 13.9 Å². The van der Waals surface area contributed by atoms with Gasteiger partial charge in [-0.1, -0.05) is 56.7 Å². The van der Waals surface area contributed by atoms with Gasteiger partial charge in [0.2, 0.25) is 11.8 Å². The first-order chi connectivity index (χ1) is 17.5. The average Bonchev–Trinajstić information content (AvgIpc) is 3.32. The van der Waals surface area contributed by atoms with Crippen LogP contribution in [0.25, 0.3) is 0 Å². The van der Waals surface area contributed by atoms with E-state index in [0.717, 1.165) is 19.6 Å². The monoisotopic (exact) mass is 531 g/mol. The summed E-state index contributed by atoms with van der Waals surface area (Å²) in [7, 11) is 0. The molecule has 0 spiro atoms. The lowest BCUT2D eigenvalue weighted by Crippen LogP contribution is -2.46. The fraction of sp³-hybridized carbons (Fsp3) is 0.500. The van der Waals surface area contributed by atoms with Gasteiger partial charge in [0.15, 0.2) is 0 Å². The fourth-order valence-corrected chi connectivity index (χ4v) is 4.95. The van der Waals surface area contributed by atoms with Crippen molar-refractivity contribution in [2.75, 3.05) is 31.5 Å². The van der Waals surface area contributed by atoms with E-state index in [4.69, 9.17) is 5.73 Å². The topological polar surface area (TPSA) is 90.7 Å². The van der Waals surface area contributed by atoms with Crippen molar-refractivity contribution in [3.8, 4) is 0 Å². The Kier molecular flexibility index (Phi) is 13.1. The van der Waals surface area contributed by atoms with E-state index in [1.54, 1.807) is 19.1 Å². The molecule has 1 aliphatic heterocycles. The lowest BCUT2D eigenvalue weighted by atomic mass is 10.0. The number of rotatable bonds is 10. The molecule has 0 bridgehead atoms. The van der Waals surface area contributed by atoms with Gasteiger partial charge in [-0.25, -0.2) is 13.0 Å². The quantitative estimate of drug-likeness (QED) is 0.393. The summed E-state index contributed by atoms with van der Waals surface area (Å²) in [6, 6.07) is 15.3. The van der Waals surface area contributed by atoms with Crippen molar-refractivity contribution >= 4 is 29.6 Å². The van der Waals surface area contributed by atoms with E-state index in [0.29, 0.717) is 24.6 Å². The van der Waals surface area contributed by atoms with Gasteiger partial charge in [0.25, 0.3) is 0 Å². The largest absolute Gasteiger partial charge is 0.353 e. The highest BCUT2D eigenvalue weighted by Crippen LogP contribution is 2.26. The number of aryl methyl sites for hydroxylation is 1. The van der Waals surface area contributed by atoms with E-state index < -0.39 is 0 Å². The minimum atomic E-state index is -0.354. The lowest BCUT2D eigenvalue weighted by molar-refractivity contribution is -0.124. The van der Waals surface area contributed by atoms with E-state index in [-0.39, 0.29) is 35.6 Å². The van der Waals surface area contributed by atoms with Crippen LogP contribution < -0.4 is 16.4 Å². The van der Waals surface area contributed by atoms with E-state index in [2.05, 4.69) is 52.1 Å². The normalized spacial score (nSPS) is 16.4. The van der Waals surface area contributed by atoms with Crippen LogP contribution in [-0.4, -0.2) is 58.7 Å². The molecule has 204 valence electrons. The first kappa shape index (κ1) is 30.8. The summed E-state index contributed by atoms with van der Waals surface area (Å²) in [6.45, 7) is 13.2. The summed E-state index contributed by atoms with van der Waals surface area (Å²) in [5.74, 6) is -0.351. The van der Waals surface area contributed by atoms with Crippen LogP contribution in [0.1, 0.15) is 39.7 Å². The van der Waals surface area contributed by atoms with Crippen LogP contribution in [0.2, 0.25) is 0 Å². The Morgan fingerprint density at radius 2 is 1.65 bits per heavy atom. The molecule has 1 saturated heterocycles. The molecule has 9 heteroatoms. The van der Waals surface area contributed by atoms with Crippen molar-refractivity contribution < 1.29 is 14.0 Å². The highest BCUT2D eigenvalue weighted by atomic mass is 32.2. The Bertz CT molecular complexity index is 961. The number of nitrogens with zero attached hydrogens (tertiary/aromatic N) is 2. The third kappa shape index (κ3) is 11.6. The zero-order valence-electron chi connectivity index (χ0n) is 22.6. The van der Waals surface area contributed by atoms with Crippen molar-refractivity contribution in [3.05, 3.63) is 66.0 Å². The number of carbonyl (C=O) groups is 2. The van der Waals surface area contributed by atoms with Crippen LogP contribution in [0, 0.1) is 24.6 Å². The van der Waals surface area contributed by atoms with Crippen LogP contribution in [0.3, 0.4) is 0 Å². The smallest absolute Gasteiger partial charge is 0.238 e. The molecule has 3 rings (SSSR count). The van der Waals surface area contributed by atoms with Crippen LogP contribution >= 0.6 is 12.1 Å². The number of carbonyl (C=O) groups excluding carboxylic acids is 2. The number of benzene rings is 2. The standard InChI is InChI=1S/C21H34FN5O2S.C7H8/c1-14(2)13-26-9-10-27(30-26)16(4)21(29)24-12-18(23)11-15(3)20(28)25-19-7-5-17(22)6-8-19;1-7-5-3-2-4-6-7/h5-8,14-16,18H,9-13,23H2,1-4H3,(H,24,29)(H,25,28);2-6H,1H3/t15?,16-,18?;/m1./s1. The SMILES string of the molecule is CC(C)CN1CCN([C@H](C)C(=O)NCC(N)CC(C)C(=O)Nc2ccc(F)cc2)S1.Cc1ccccc1. The lowest BCUT2D eigenvalue weighted by Gasteiger charge is -2.24. The van der Waals surface area contributed by atoms with E-state index in [1.165, 1.54) is 29.8 Å². The molecule has 2 amide bonds. The van der Waals surface area contributed by atoms with Crippen molar-refractivity contribution in [1.29, 1.82) is 0 Å². The zero-order chi connectivity index (χ0) is 27.4. The first-order valence-electron chi connectivity index (χ1n) is 12.9. The minimum Gasteiger partial charge on any atom is -0.353 e. The molecule has 2 aromatic carbocycles. The highest BCUT2D eigenvalue weighted by Gasteiger charge is 2.30. The van der Waals surface area contributed by atoms with Crippen molar-refractivity contribution in [2.45, 2.75) is 53.1 Å². The Labute approximate surface area is 225 Å². The van der Waals surface area contributed by atoms with Gasteiger partial charge in [0.05, 0.1) is 6.04 Å². The van der Waals surface area contributed by atoms with Gasteiger partial charge in [0, 0.05) is 56.0 Å². The molecule has 2 unspecified atom stereocenters. The molecular weight excluding hydrogens is 489 g/mol. The molecule has 0 saturated carbocycles. The van der Waals surface area contributed by atoms with Gasteiger partial charge in [-0.2, -0.15) is 0 Å². The Hall–Kier alpha value is -2.46. The van der Waals surface area contributed by atoms with Crippen LogP contribution in [0.4, 0.5) is 10.1 Å². The summed E-state index contributed by atoms with van der Waals surface area (Å²) < 4.78 is 17.3. The molecule has 4 N–H and O–H groups in total. The number of nitrogens with one attached hydrogen (secondary N) is 2. The van der Waals surface area contributed by atoms with Gasteiger partial charge >= 0.3 is 0 Å². The molecular formula is C28H42FN5O2S. The third-order valence-electron chi connectivity index (χ3n) is 5.86. The number of hydrogen-bond acceptors (Lipinski definition) is 6. The second-order valence-electron chi connectivity index (χ2n) is 9.97.